The summed E-state index contributed by atoms with van der Waals surface area (Å²) in [4.78, 5) is 12.4. The molecule has 0 aliphatic carbocycles. The maximum Gasteiger partial charge on any atom is 0.435 e. The summed E-state index contributed by atoms with van der Waals surface area (Å²) >= 11 is 0. The van der Waals surface area contributed by atoms with Gasteiger partial charge in [0.2, 0.25) is 0 Å². The second-order valence-corrected chi connectivity index (χ2v) is 5.71. The van der Waals surface area contributed by atoms with Gasteiger partial charge in [0.15, 0.2) is 5.69 Å². The normalized spacial score (nSPS) is 11.5. The minimum atomic E-state index is -4.82. The second kappa shape index (κ2) is 6.82. The Hall–Kier alpha value is -3.23. The largest absolute Gasteiger partial charge is 0.435 e. The molecular formula is C18H12F5N3O. The molecule has 0 spiro atoms. The number of carbonyl (C=O) groups is 1. The SMILES string of the molecule is Cn1cc(C(=O)Nc2cc(F)ccc2-c2ccc(F)cc2)c(C(F)(F)F)n1. The van der Waals surface area contributed by atoms with Crippen LogP contribution in [0.25, 0.3) is 11.1 Å². The van der Waals surface area contributed by atoms with E-state index >= 15 is 0 Å². The van der Waals surface area contributed by atoms with Crippen molar-refractivity contribution >= 4 is 11.6 Å². The average molecular weight is 381 g/mol. The summed E-state index contributed by atoms with van der Waals surface area (Å²) in [6.45, 7) is 0. The summed E-state index contributed by atoms with van der Waals surface area (Å²) < 4.78 is 66.8. The molecule has 9 heteroatoms. The van der Waals surface area contributed by atoms with E-state index in [4.69, 9.17) is 0 Å². The molecule has 0 radical (unpaired) electrons. The first-order valence-electron chi connectivity index (χ1n) is 7.63. The number of benzene rings is 2. The van der Waals surface area contributed by atoms with Crippen molar-refractivity contribution in [1.29, 1.82) is 0 Å². The van der Waals surface area contributed by atoms with Gasteiger partial charge >= 0.3 is 6.18 Å². The minimum absolute atomic E-state index is 0.0522. The molecule has 0 fully saturated rings. The number of carbonyl (C=O) groups excluding carboxylic acids is 1. The zero-order valence-electron chi connectivity index (χ0n) is 13.8. The molecule has 0 bridgehead atoms. The summed E-state index contributed by atoms with van der Waals surface area (Å²) in [5.74, 6) is -2.28. The summed E-state index contributed by atoms with van der Waals surface area (Å²) in [6.07, 6.45) is -3.90. The Labute approximate surface area is 150 Å². The van der Waals surface area contributed by atoms with E-state index in [2.05, 4.69) is 10.4 Å². The summed E-state index contributed by atoms with van der Waals surface area (Å²) in [5.41, 5.74) is -1.32. The highest BCUT2D eigenvalue weighted by Gasteiger charge is 2.39. The molecule has 140 valence electrons. The molecule has 0 saturated carbocycles. The molecular weight excluding hydrogens is 369 g/mol. The number of hydrogen-bond donors (Lipinski definition) is 1. The topological polar surface area (TPSA) is 46.9 Å². The van der Waals surface area contributed by atoms with Gasteiger partial charge in [-0.15, -0.1) is 0 Å². The summed E-state index contributed by atoms with van der Waals surface area (Å²) in [7, 11) is 1.25. The van der Waals surface area contributed by atoms with Gasteiger partial charge in [0, 0.05) is 18.8 Å². The highest BCUT2D eigenvalue weighted by molar-refractivity contribution is 6.07. The number of nitrogens with one attached hydrogen (secondary N) is 1. The number of rotatable bonds is 3. The van der Waals surface area contributed by atoms with Crippen molar-refractivity contribution in [3.63, 3.8) is 0 Å². The Bertz CT molecular complexity index is 993. The maximum absolute atomic E-state index is 13.6. The average Bonchev–Trinajstić information content (AvgIpc) is 2.98. The van der Waals surface area contributed by atoms with Crippen LogP contribution in [-0.4, -0.2) is 15.7 Å². The standard InChI is InChI=1S/C18H12F5N3O/c1-26-9-14(16(25-26)18(21,22)23)17(27)24-15-8-12(20)6-7-13(15)10-2-4-11(19)5-3-10/h2-9H,1H3,(H,24,27). The lowest BCUT2D eigenvalue weighted by Gasteiger charge is -2.12. The second-order valence-electron chi connectivity index (χ2n) is 5.71. The van der Waals surface area contributed by atoms with Crippen LogP contribution >= 0.6 is 0 Å². The van der Waals surface area contributed by atoms with Crippen molar-refractivity contribution in [3.05, 3.63) is 71.6 Å². The van der Waals surface area contributed by atoms with Gasteiger partial charge in [-0.05, 0) is 35.9 Å². The first-order valence-corrected chi connectivity index (χ1v) is 7.63. The number of hydrogen-bond acceptors (Lipinski definition) is 2. The monoisotopic (exact) mass is 381 g/mol. The first-order chi connectivity index (χ1) is 12.6. The predicted octanol–water partition coefficient (Wildman–Crippen LogP) is 4.64. The molecule has 0 unspecified atom stereocenters. The van der Waals surface area contributed by atoms with E-state index in [1.165, 1.54) is 37.4 Å². The third kappa shape index (κ3) is 3.97. The van der Waals surface area contributed by atoms with E-state index < -0.39 is 35.0 Å². The van der Waals surface area contributed by atoms with E-state index in [-0.39, 0.29) is 5.69 Å². The van der Waals surface area contributed by atoms with E-state index in [0.717, 1.165) is 23.0 Å². The zero-order valence-corrected chi connectivity index (χ0v) is 13.8. The number of anilines is 1. The molecule has 1 N–H and O–H groups in total. The fraction of sp³-hybridized carbons (Fsp3) is 0.111. The Morgan fingerprint density at radius 1 is 1.04 bits per heavy atom. The molecule has 1 heterocycles. The number of halogens is 5. The van der Waals surface area contributed by atoms with Crippen LogP contribution in [0.15, 0.2) is 48.7 Å². The van der Waals surface area contributed by atoms with Crippen LogP contribution in [0.2, 0.25) is 0 Å². The van der Waals surface area contributed by atoms with Gasteiger partial charge < -0.3 is 5.32 Å². The van der Waals surface area contributed by atoms with Crippen molar-refractivity contribution in [1.82, 2.24) is 9.78 Å². The minimum Gasteiger partial charge on any atom is -0.321 e. The third-order valence-electron chi connectivity index (χ3n) is 3.73. The first kappa shape index (κ1) is 18.6. The lowest BCUT2D eigenvalue weighted by molar-refractivity contribution is -0.141. The van der Waals surface area contributed by atoms with Crippen molar-refractivity contribution in [2.75, 3.05) is 5.32 Å². The van der Waals surface area contributed by atoms with E-state index in [9.17, 15) is 26.7 Å². The van der Waals surface area contributed by atoms with Gasteiger partial charge in [0.25, 0.3) is 5.91 Å². The number of aryl methyl sites for hydroxylation is 1. The highest BCUT2D eigenvalue weighted by atomic mass is 19.4. The van der Waals surface area contributed by atoms with Crippen LogP contribution in [0.1, 0.15) is 16.1 Å². The van der Waals surface area contributed by atoms with E-state index in [0.29, 0.717) is 11.1 Å². The van der Waals surface area contributed by atoms with Gasteiger partial charge in [-0.1, -0.05) is 12.1 Å². The number of aromatic nitrogens is 2. The van der Waals surface area contributed by atoms with Gasteiger partial charge in [0.1, 0.15) is 11.6 Å². The lowest BCUT2D eigenvalue weighted by Crippen LogP contribution is -2.18. The Morgan fingerprint density at radius 3 is 2.30 bits per heavy atom. The van der Waals surface area contributed by atoms with Crippen LogP contribution in [0, 0.1) is 11.6 Å². The van der Waals surface area contributed by atoms with Crippen molar-refractivity contribution in [3.8, 4) is 11.1 Å². The van der Waals surface area contributed by atoms with Crippen LogP contribution < -0.4 is 5.32 Å². The van der Waals surface area contributed by atoms with Crippen LogP contribution in [0.4, 0.5) is 27.6 Å². The Kier molecular flexibility index (Phi) is 4.69. The predicted molar refractivity (Wildman–Crippen MR) is 88.0 cm³/mol. The maximum atomic E-state index is 13.6. The molecule has 0 atom stereocenters. The molecule has 0 aliphatic heterocycles. The summed E-state index contributed by atoms with van der Waals surface area (Å²) in [6, 6.07) is 8.60. The fourth-order valence-corrected chi connectivity index (χ4v) is 2.55. The number of alkyl halides is 3. The Balaban J connectivity index is 2.00. The molecule has 1 amide bonds. The molecule has 0 saturated heterocycles. The zero-order chi connectivity index (χ0) is 19.8. The number of amides is 1. The summed E-state index contributed by atoms with van der Waals surface area (Å²) in [5, 5.41) is 5.55. The highest BCUT2D eigenvalue weighted by Crippen LogP contribution is 2.33. The lowest BCUT2D eigenvalue weighted by atomic mass is 10.0. The van der Waals surface area contributed by atoms with E-state index in [1.54, 1.807) is 0 Å². The van der Waals surface area contributed by atoms with Crippen LogP contribution in [-0.2, 0) is 13.2 Å². The van der Waals surface area contributed by atoms with Gasteiger partial charge in [-0.25, -0.2) is 8.78 Å². The molecule has 3 aromatic rings. The van der Waals surface area contributed by atoms with E-state index in [1.807, 2.05) is 0 Å². The smallest absolute Gasteiger partial charge is 0.321 e. The molecule has 0 aliphatic rings. The van der Waals surface area contributed by atoms with Crippen LogP contribution in [0.5, 0.6) is 0 Å². The molecule has 1 aromatic heterocycles. The quantitative estimate of drug-likeness (QED) is 0.672. The van der Waals surface area contributed by atoms with Gasteiger partial charge in [0.05, 0.1) is 11.3 Å². The molecule has 2 aromatic carbocycles. The third-order valence-corrected chi connectivity index (χ3v) is 3.73. The van der Waals surface area contributed by atoms with Gasteiger partial charge in [-0.3, -0.25) is 9.48 Å². The van der Waals surface area contributed by atoms with Gasteiger partial charge in [-0.2, -0.15) is 18.3 Å². The fourth-order valence-electron chi connectivity index (χ4n) is 2.55. The molecule has 27 heavy (non-hydrogen) atoms. The van der Waals surface area contributed by atoms with Crippen molar-refractivity contribution < 1.29 is 26.7 Å². The molecule has 3 rings (SSSR count). The number of nitrogens with zero attached hydrogens (tertiary/aromatic N) is 2. The van der Waals surface area contributed by atoms with Crippen LogP contribution in [0.3, 0.4) is 0 Å². The Morgan fingerprint density at radius 2 is 1.67 bits per heavy atom. The molecule has 4 nitrogen and oxygen atoms in total. The van der Waals surface area contributed by atoms with Crippen molar-refractivity contribution in [2.45, 2.75) is 6.18 Å². The van der Waals surface area contributed by atoms with Crippen molar-refractivity contribution in [2.24, 2.45) is 7.05 Å².